The van der Waals surface area contributed by atoms with Crippen molar-refractivity contribution in [1.82, 2.24) is 9.97 Å². The lowest BCUT2D eigenvalue weighted by atomic mass is 9.88. The third-order valence-electron chi connectivity index (χ3n) is 2.41. The van der Waals surface area contributed by atoms with Crippen LogP contribution in [-0.2, 0) is 4.74 Å². The number of aromatic nitrogens is 2. The van der Waals surface area contributed by atoms with Gasteiger partial charge in [-0.15, -0.1) is 0 Å². The Bertz CT molecular complexity index is 367. The van der Waals surface area contributed by atoms with Crippen LogP contribution in [0.4, 0.5) is 0 Å². The number of aliphatic imine (C=N–C) groups is 1. The van der Waals surface area contributed by atoms with Crippen molar-refractivity contribution in [1.29, 1.82) is 0 Å². The van der Waals surface area contributed by atoms with E-state index in [1.54, 1.807) is 18.5 Å². The fourth-order valence-corrected chi connectivity index (χ4v) is 1.35. The van der Waals surface area contributed by atoms with Crippen LogP contribution < -0.4 is 0 Å². The topological polar surface area (TPSA) is 47.4 Å². The van der Waals surface area contributed by atoms with Gasteiger partial charge in [-0.05, 0) is 11.5 Å². The molecule has 1 atom stereocenters. The van der Waals surface area contributed by atoms with Gasteiger partial charge in [0.25, 0.3) is 5.90 Å². The summed E-state index contributed by atoms with van der Waals surface area (Å²) in [4.78, 5) is 12.7. The summed E-state index contributed by atoms with van der Waals surface area (Å²) >= 11 is 0. The van der Waals surface area contributed by atoms with Crippen molar-refractivity contribution >= 4 is 5.90 Å². The zero-order chi connectivity index (χ0) is 10.9. The first-order valence-electron chi connectivity index (χ1n) is 5.05. The van der Waals surface area contributed by atoms with E-state index in [2.05, 4.69) is 35.7 Å². The molecule has 0 N–H and O–H groups in total. The van der Waals surface area contributed by atoms with Gasteiger partial charge in [0.05, 0.1) is 6.04 Å². The Kier molecular flexibility index (Phi) is 2.42. The van der Waals surface area contributed by atoms with Crippen LogP contribution in [0.15, 0.2) is 23.5 Å². The van der Waals surface area contributed by atoms with Crippen LogP contribution in [0, 0.1) is 5.41 Å². The summed E-state index contributed by atoms with van der Waals surface area (Å²) < 4.78 is 5.50. The fourth-order valence-electron chi connectivity index (χ4n) is 1.35. The highest BCUT2D eigenvalue weighted by molar-refractivity contribution is 5.91. The summed E-state index contributed by atoms with van der Waals surface area (Å²) in [6.45, 7) is 7.08. The van der Waals surface area contributed by atoms with E-state index < -0.39 is 0 Å². The molecule has 0 fully saturated rings. The molecule has 4 nitrogen and oxygen atoms in total. The van der Waals surface area contributed by atoms with Gasteiger partial charge >= 0.3 is 0 Å². The van der Waals surface area contributed by atoms with Crippen LogP contribution in [0.3, 0.4) is 0 Å². The Morgan fingerprint density at radius 2 is 1.93 bits per heavy atom. The van der Waals surface area contributed by atoms with Gasteiger partial charge in [-0.2, -0.15) is 0 Å². The second-order valence-electron chi connectivity index (χ2n) is 4.70. The molecule has 1 aliphatic rings. The van der Waals surface area contributed by atoms with E-state index in [1.807, 2.05) is 0 Å². The first-order chi connectivity index (χ1) is 7.07. The molecule has 4 heteroatoms. The average Bonchev–Trinajstić information content (AvgIpc) is 2.67. The molecule has 0 aliphatic carbocycles. The molecule has 2 heterocycles. The first-order valence-corrected chi connectivity index (χ1v) is 5.05. The fraction of sp³-hybridized carbons (Fsp3) is 0.545. The first kappa shape index (κ1) is 10.1. The summed E-state index contributed by atoms with van der Waals surface area (Å²) in [5, 5.41) is 0. The van der Waals surface area contributed by atoms with E-state index >= 15 is 0 Å². The van der Waals surface area contributed by atoms with Gasteiger partial charge in [-0.1, -0.05) is 20.8 Å². The summed E-state index contributed by atoms with van der Waals surface area (Å²) in [5.41, 5.74) is 0.122. The Balaban J connectivity index is 2.21. The number of ether oxygens (including phenoxy) is 1. The molecular weight excluding hydrogens is 190 g/mol. The van der Waals surface area contributed by atoms with Gasteiger partial charge in [-0.3, -0.25) is 0 Å². The maximum atomic E-state index is 5.50. The molecule has 0 radical (unpaired) electrons. The third kappa shape index (κ3) is 2.14. The second kappa shape index (κ2) is 3.61. The zero-order valence-corrected chi connectivity index (χ0v) is 9.27. The molecule has 1 aromatic rings. The van der Waals surface area contributed by atoms with Crippen molar-refractivity contribution in [2.75, 3.05) is 6.61 Å². The number of hydrogen-bond acceptors (Lipinski definition) is 4. The van der Waals surface area contributed by atoms with E-state index in [4.69, 9.17) is 4.74 Å². The molecule has 0 bridgehead atoms. The van der Waals surface area contributed by atoms with Crippen molar-refractivity contribution < 1.29 is 4.74 Å². The standard InChI is InChI=1S/C11H15N3O/c1-11(2,3)8-7-15-10(14-8)9-12-5-4-6-13-9/h4-6,8H,7H2,1-3H3. The number of nitrogens with zero attached hydrogens (tertiary/aromatic N) is 3. The Labute approximate surface area is 89.4 Å². The molecule has 2 rings (SSSR count). The van der Waals surface area contributed by atoms with Crippen LogP contribution in [0.2, 0.25) is 0 Å². The zero-order valence-electron chi connectivity index (χ0n) is 9.27. The summed E-state index contributed by atoms with van der Waals surface area (Å²) in [5.74, 6) is 1.14. The highest BCUT2D eigenvalue weighted by Gasteiger charge is 2.31. The van der Waals surface area contributed by atoms with Crippen LogP contribution in [0.25, 0.3) is 0 Å². The van der Waals surface area contributed by atoms with Crippen LogP contribution in [0.5, 0.6) is 0 Å². The maximum absolute atomic E-state index is 5.50. The summed E-state index contributed by atoms with van der Waals surface area (Å²) in [6, 6.07) is 1.97. The minimum Gasteiger partial charge on any atom is -0.473 e. The summed E-state index contributed by atoms with van der Waals surface area (Å²) in [6.07, 6.45) is 3.39. The predicted molar refractivity (Wildman–Crippen MR) is 57.8 cm³/mol. The largest absolute Gasteiger partial charge is 0.473 e. The Hall–Kier alpha value is -1.45. The molecule has 0 saturated carbocycles. The minimum absolute atomic E-state index is 0.122. The Morgan fingerprint density at radius 1 is 1.27 bits per heavy atom. The second-order valence-corrected chi connectivity index (χ2v) is 4.70. The van der Waals surface area contributed by atoms with Crippen molar-refractivity contribution in [3.8, 4) is 0 Å². The van der Waals surface area contributed by atoms with E-state index in [9.17, 15) is 0 Å². The van der Waals surface area contributed by atoms with E-state index in [-0.39, 0.29) is 11.5 Å². The van der Waals surface area contributed by atoms with Crippen molar-refractivity contribution in [2.45, 2.75) is 26.8 Å². The quantitative estimate of drug-likeness (QED) is 0.700. The molecule has 15 heavy (non-hydrogen) atoms. The lowest BCUT2D eigenvalue weighted by Crippen LogP contribution is -2.25. The van der Waals surface area contributed by atoms with Crippen LogP contribution in [0.1, 0.15) is 26.6 Å². The number of rotatable bonds is 1. The predicted octanol–water partition coefficient (Wildman–Crippen LogP) is 1.67. The molecule has 0 spiro atoms. The molecule has 1 aromatic heterocycles. The van der Waals surface area contributed by atoms with Gasteiger partial charge in [0.1, 0.15) is 6.61 Å². The monoisotopic (exact) mass is 205 g/mol. The minimum atomic E-state index is 0.122. The average molecular weight is 205 g/mol. The highest BCUT2D eigenvalue weighted by Crippen LogP contribution is 2.26. The van der Waals surface area contributed by atoms with E-state index in [0.29, 0.717) is 18.3 Å². The normalized spacial score (nSPS) is 21.0. The molecular formula is C11H15N3O. The van der Waals surface area contributed by atoms with Gasteiger partial charge in [0.2, 0.25) is 5.82 Å². The maximum Gasteiger partial charge on any atom is 0.255 e. The third-order valence-corrected chi connectivity index (χ3v) is 2.41. The number of hydrogen-bond donors (Lipinski definition) is 0. The SMILES string of the molecule is CC(C)(C)C1COC(c2ncccn2)=N1. The van der Waals surface area contributed by atoms with Gasteiger partial charge in [-0.25, -0.2) is 15.0 Å². The Morgan fingerprint density at radius 3 is 2.47 bits per heavy atom. The van der Waals surface area contributed by atoms with Crippen molar-refractivity contribution in [3.05, 3.63) is 24.3 Å². The molecule has 1 aliphatic heterocycles. The lowest BCUT2D eigenvalue weighted by Gasteiger charge is -2.21. The van der Waals surface area contributed by atoms with Gasteiger partial charge in [0.15, 0.2) is 0 Å². The van der Waals surface area contributed by atoms with E-state index in [1.165, 1.54) is 0 Å². The molecule has 0 amide bonds. The lowest BCUT2D eigenvalue weighted by molar-refractivity contribution is 0.235. The molecule has 1 unspecified atom stereocenters. The van der Waals surface area contributed by atoms with E-state index in [0.717, 1.165) is 0 Å². The van der Waals surface area contributed by atoms with Crippen LogP contribution >= 0.6 is 0 Å². The summed E-state index contributed by atoms with van der Waals surface area (Å²) in [7, 11) is 0. The smallest absolute Gasteiger partial charge is 0.255 e. The van der Waals surface area contributed by atoms with Gasteiger partial charge in [0, 0.05) is 12.4 Å². The van der Waals surface area contributed by atoms with Crippen LogP contribution in [-0.4, -0.2) is 28.5 Å². The van der Waals surface area contributed by atoms with Crippen molar-refractivity contribution in [2.24, 2.45) is 10.4 Å². The van der Waals surface area contributed by atoms with Crippen molar-refractivity contribution in [3.63, 3.8) is 0 Å². The highest BCUT2D eigenvalue weighted by atomic mass is 16.5. The molecule has 80 valence electrons. The molecule has 0 aromatic carbocycles. The molecule has 0 saturated heterocycles. The van der Waals surface area contributed by atoms with Gasteiger partial charge < -0.3 is 4.74 Å².